The number of nitrogens with two attached hydrogens (primary N) is 1. The van der Waals surface area contributed by atoms with Crippen LogP contribution in [0.15, 0.2) is 18.3 Å². The first kappa shape index (κ1) is 14.6. The number of anilines is 2. The molecule has 3 N–H and O–H groups in total. The number of pyridine rings is 1. The molecule has 2 saturated heterocycles. The third kappa shape index (κ3) is 3.64. The minimum absolute atomic E-state index is 0.527. The van der Waals surface area contributed by atoms with Crippen LogP contribution in [0, 0.1) is 0 Å². The largest absolute Gasteiger partial charge is 0.387 e. The van der Waals surface area contributed by atoms with E-state index in [-0.39, 0.29) is 0 Å². The van der Waals surface area contributed by atoms with Crippen LogP contribution in [0.1, 0.15) is 12.8 Å². The molecule has 1 unspecified atom stereocenters. The number of nitrogens with zero attached hydrogens (tertiary/aromatic N) is 3. The first-order valence-corrected chi connectivity index (χ1v) is 7.64. The van der Waals surface area contributed by atoms with Crippen LogP contribution in [0.4, 0.5) is 11.5 Å². The highest BCUT2D eigenvalue weighted by atomic mass is 16.5. The lowest BCUT2D eigenvalue weighted by Crippen LogP contribution is -2.56. The summed E-state index contributed by atoms with van der Waals surface area (Å²) in [7, 11) is 0. The molecule has 0 amide bonds. The third-order valence-electron chi connectivity index (χ3n) is 4.31. The molecule has 1 aromatic heterocycles. The molecule has 1 atom stereocenters. The summed E-state index contributed by atoms with van der Waals surface area (Å²) in [5, 5.41) is 10.9. The first-order valence-electron chi connectivity index (χ1n) is 7.64. The average Bonchev–Trinajstić information content (AvgIpc) is 2.48. The second-order valence-corrected chi connectivity index (χ2v) is 6.08. The molecule has 2 aliphatic heterocycles. The molecule has 6 nitrogen and oxygen atoms in total. The number of hydrogen-bond acceptors (Lipinski definition) is 6. The number of aromatic nitrogens is 1. The van der Waals surface area contributed by atoms with Crippen molar-refractivity contribution in [3.05, 3.63) is 18.3 Å². The normalized spacial score (nSPS) is 27.8. The molecule has 3 rings (SSSR count). The Balaban J connectivity index is 1.64. The van der Waals surface area contributed by atoms with Gasteiger partial charge in [0.05, 0.1) is 30.7 Å². The van der Waals surface area contributed by atoms with Gasteiger partial charge in [0.2, 0.25) is 0 Å². The van der Waals surface area contributed by atoms with Crippen molar-refractivity contribution in [2.24, 2.45) is 0 Å². The van der Waals surface area contributed by atoms with Crippen LogP contribution in [0.5, 0.6) is 0 Å². The van der Waals surface area contributed by atoms with Gasteiger partial charge in [-0.2, -0.15) is 0 Å². The second kappa shape index (κ2) is 6.17. The zero-order valence-corrected chi connectivity index (χ0v) is 12.4. The molecule has 0 aromatic carbocycles. The number of hydrogen-bond donors (Lipinski definition) is 2. The number of aliphatic hydroxyl groups is 1. The van der Waals surface area contributed by atoms with Crippen molar-refractivity contribution >= 4 is 11.5 Å². The van der Waals surface area contributed by atoms with Gasteiger partial charge in [0, 0.05) is 32.7 Å². The van der Waals surface area contributed by atoms with Crippen LogP contribution >= 0.6 is 0 Å². The maximum Gasteiger partial charge on any atom is 0.123 e. The number of nitrogen functional groups attached to an aromatic ring is 1. The maximum atomic E-state index is 10.9. The van der Waals surface area contributed by atoms with Crippen LogP contribution in [0.3, 0.4) is 0 Å². The molecule has 0 bridgehead atoms. The lowest BCUT2D eigenvalue weighted by atomic mass is 9.91. The fourth-order valence-electron chi connectivity index (χ4n) is 3.22. The van der Waals surface area contributed by atoms with Crippen LogP contribution in [-0.4, -0.2) is 66.5 Å². The Labute approximate surface area is 125 Å². The maximum absolute atomic E-state index is 10.9. The van der Waals surface area contributed by atoms with Gasteiger partial charge in [0.15, 0.2) is 0 Å². The standard InChI is InChI=1S/C15H24N4O2/c16-14-3-2-13(10-17-14)19-5-1-4-15(20,12-19)11-18-6-8-21-9-7-18/h2-3,10,20H,1,4-9,11-12H2,(H2,16,17). The van der Waals surface area contributed by atoms with E-state index in [0.717, 1.165) is 57.9 Å². The molecule has 21 heavy (non-hydrogen) atoms. The summed E-state index contributed by atoms with van der Waals surface area (Å²) in [6.07, 6.45) is 3.63. The Morgan fingerprint density at radius 1 is 1.29 bits per heavy atom. The Bertz CT molecular complexity index is 461. The third-order valence-corrected chi connectivity index (χ3v) is 4.31. The highest BCUT2D eigenvalue weighted by molar-refractivity contribution is 5.48. The first-order chi connectivity index (χ1) is 10.1. The van der Waals surface area contributed by atoms with Gasteiger partial charge in [-0.1, -0.05) is 0 Å². The van der Waals surface area contributed by atoms with Crippen LogP contribution in [-0.2, 0) is 4.74 Å². The van der Waals surface area contributed by atoms with E-state index in [1.807, 2.05) is 12.1 Å². The summed E-state index contributed by atoms with van der Waals surface area (Å²) in [6, 6.07) is 3.79. The summed E-state index contributed by atoms with van der Waals surface area (Å²) >= 11 is 0. The number of morpholine rings is 1. The van der Waals surface area contributed by atoms with Crippen LogP contribution in [0.2, 0.25) is 0 Å². The molecule has 2 aliphatic rings. The molecule has 0 radical (unpaired) electrons. The lowest BCUT2D eigenvalue weighted by Gasteiger charge is -2.43. The summed E-state index contributed by atoms with van der Waals surface area (Å²) in [4.78, 5) is 8.65. The fourth-order valence-corrected chi connectivity index (χ4v) is 3.22. The van der Waals surface area contributed by atoms with E-state index >= 15 is 0 Å². The predicted molar refractivity (Wildman–Crippen MR) is 82.3 cm³/mol. The van der Waals surface area contributed by atoms with Gasteiger partial charge < -0.3 is 20.5 Å². The van der Waals surface area contributed by atoms with Crippen molar-refractivity contribution in [1.29, 1.82) is 0 Å². The van der Waals surface area contributed by atoms with Crippen molar-refractivity contribution in [3.8, 4) is 0 Å². The van der Waals surface area contributed by atoms with E-state index < -0.39 is 5.60 Å². The topological polar surface area (TPSA) is 74.8 Å². The molecule has 2 fully saturated rings. The SMILES string of the molecule is Nc1ccc(N2CCCC(O)(CN3CCOCC3)C2)cn1. The van der Waals surface area contributed by atoms with E-state index in [9.17, 15) is 5.11 Å². The van der Waals surface area contributed by atoms with Crippen LogP contribution in [0.25, 0.3) is 0 Å². The van der Waals surface area contributed by atoms with Gasteiger partial charge in [-0.05, 0) is 25.0 Å². The molecule has 116 valence electrons. The Morgan fingerprint density at radius 3 is 2.81 bits per heavy atom. The summed E-state index contributed by atoms with van der Waals surface area (Å²) in [5.41, 5.74) is 6.01. The summed E-state index contributed by atoms with van der Waals surface area (Å²) < 4.78 is 5.37. The minimum atomic E-state index is -0.656. The zero-order valence-electron chi connectivity index (χ0n) is 12.4. The van der Waals surface area contributed by atoms with E-state index in [1.165, 1.54) is 0 Å². The molecule has 1 aromatic rings. The summed E-state index contributed by atoms with van der Waals surface area (Å²) in [6.45, 7) is 5.67. The molecule has 6 heteroatoms. The Morgan fingerprint density at radius 2 is 2.10 bits per heavy atom. The van der Waals surface area contributed by atoms with E-state index in [0.29, 0.717) is 12.4 Å². The predicted octanol–water partition coefficient (Wildman–Crippen LogP) is 0.327. The van der Waals surface area contributed by atoms with Gasteiger partial charge in [-0.15, -0.1) is 0 Å². The number of β-amino-alcohol motifs (C(OH)–C–C–N with tert-alkyl or cyclic N) is 1. The quantitative estimate of drug-likeness (QED) is 0.836. The molecule has 0 saturated carbocycles. The van der Waals surface area contributed by atoms with Crippen molar-refractivity contribution in [1.82, 2.24) is 9.88 Å². The smallest absolute Gasteiger partial charge is 0.123 e. The number of piperidine rings is 1. The van der Waals surface area contributed by atoms with E-state index in [2.05, 4.69) is 14.8 Å². The highest BCUT2D eigenvalue weighted by Gasteiger charge is 2.35. The Kier molecular flexibility index (Phi) is 4.28. The van der Waals surface area contributed by atoms with Crippen LogP contribution < -0.4 is 10.6 Å². The van der Waals surface area contributed by atoms with Crippen molar-refractivity contribution in [3.63, 3.8) is 0 Å². The van der Waals surface area contributed by atoms with Crippen molar-refractivity contribution in [2.75, 3.05) is 56.6 Å². The monoisotopic (exact) mass is 292 g/mol. The van der Waals surface area contributed by atoms with Crippen molar-refractivity contribution in [2.45, 2.75) is 18.4 Å². The molecule has 0 spiro atoms. The summed E-state index contributed by atoms with van der Waals surface area (Å²) in [5.74, 6) is 0.527. The molecular weight excluding hydrogens is 268 g/mol. The highest BCUT2D eigenvalue weighted by Crippen LogP contribution is 2.27. The lowest BCUT2D eigenvalue weighted by molar-refractivity contribution is -0.0382. The molecule has 0 aliphatic carbocycles. The Hall–Kier alpha value is -1.37. The van der Waals surface area contributed by atoms with Gasteiger partial charge in [-0.3, -0.25) is 4.90 Å². The average molecular weight is 292 g/mol. The van der Waals surface area contributed by atoms with Gasteiger partial charge >= 0.3 is 0 Å². The minimum Gasteiger partial charge on any atom is -0.387 e. The van der Waals surface area contributed by atoms with E-state index in [4.69, 9.17) is 10.5 Å². The zero-order chi connectivity index (χ0) is 14.7. The second-order valence-electron chi connectivity index (χ2n) is 6.08. The molecule has 3 heterocycles. The number of rotatable bonds is 3. The number of ether oxygens (including phenoxy) is 1. The van der Waals surface area contributed by atoms with Gasteiger partial charge in [0.25, 0.3) is 0 Å². The van der Waals surface area contributed by atoms with Gasteiger partial charge in [-0.25, -0.2) is 4.98 Å². The van der Waals surface area contributed by atoms with Gasteiger partial charge in [0.1, 0.15) is 5.82 Å². The van der Waals surface area contributed by atoms with E-state index in [1.54, 1.807) is 6.20 Å². The fraction of sp³-hybridized carbons (Fsp3) is 0.667. The molecular formula is C15H24N4O2. The van der Waals surface area contributed by atoms with Crippen molar-refractivity contribution < 1.29 is 9.84 Å².